The molecule has 94 valence electrons. The Morgan fingerprint density at radius 3 is 2.72 bits per heavy atom. The summed E-state index contributed by atoms with van der Waals surface area (Å²) in [5.74, 6) is 0.00820. The number of hydrogen-bond acceptors (Lipinski definition) is 6. The van der Waals surface area contributed by atoms with Crippen molar-refractivity contribution in [2.75, 3.05) is 7.11 Å². The fraction of sp³-hybridized carbons (Fsp3) is 0.273. The molecule has 1 amide bonds. The van der Waals surface area contributed by atoms with Crippen LogP contribution in [0.3, 0.4) is 0 Å². The van der Waals surface area contributed by atoms with Crippen molar-refractivity contribution in [3.63, 3.8) is 0 Å². The van der Waals surface area contributed by atoms with E-state index in [9.17, 15) is 4.79 Å². The van der Waals surface area contributed by atoms with Crippen LogP contribution in [0.25, 0.3) is 0 Å². The molecule has 0 aliphatic carbocycles. The van der Waals surface area contributed by atoms with Crippen LogP contribution in [-0.4, -0.2) is 28.2 Å². The van der Waals surface area contributed by atoms with Gasteiger partial charge in [0.05, 0.1) is 7.11 Å². The third kappa shape index (κ3) is 2.45. The largest absolute Gasteiger partial charge is 0.481 e. The Morgan fingerprint density at radius 2 is 2.22 bits per heavy atom. The number of rotatable bonds is 4. The molecular formula is C11H12N4O2S. The number of pyridine rings is 1. The molecule has 18 heavy (non-hydrogen) atoms. The van der Waals surface area contributed by atoms with Crippen molar-refractivity contribution in [2.24, 2.45) is 5.73 Å². The van der Waals surface area contributed by atoms with Crippen molar-refractivity contribution in [3.8, 4) is 5.88 Å². The Morgan fingerprint density at radius 1 is 1.44 bits per heavy atom. The van der Waals surface area contributed by atoms with E-state index in [0.29, 0.717) is 5.88 Å². The number of methoxy groups -OCH3 is 1. The van der Waals surface area contributed by atoms with E-state index in [4.69, 9.17) is 10.5 Å². The molecule has 1 atom stereocenters. The predicted molar refractivity (Wildman–Crippen MR) is 66.7 cm³/mol. The van der Waals surface area contributed by atoms with Crippen LogP contribution in [0.15, 0.2) is 18.3 Å². The van der Waals surface area contributed by atoms with Crippen molar-refractivity contribution in [1.82, 2.24) is 15.2 Å². The van der Waals surface area contributed by atoms with E-state index in [0.717, 1.165) is 10.6 Å². The molecule has 6 nitrogen and oxygen atoms in total. The van der Waals surface area contributed by atoms with E-state index in [1.807, 2.05) is 13.0 Å². The Bertz CT molecular complexity index is 552. The zero-order valence-corrected chi connectivity index (χ0v) is 10.8. The van der Waals surface area contributed by atoms with Gasteiger partial charge in [-0.25, -0.2) is 4.98 Å². The normalized spacial score (nSPS) is 12.1. The van der Waals surface area contributed by atoms with Gasteiger partial charge in [0.25, 0.3) is 5.91 Å². The predicted octanol–water partition coefficient (Wildman–Crippen LogP) is 1.19. The van der Waals surface area contributed by atoms with Crippen LogP contribution >= 0.6 is 11.3 Å². The number of amides is 1. The number of aromatic nitrogens is 3. The lowest BCUT2D eigenvalue weighted by molar-refractivity contribution is 0.0999. The number of hydrogen-bond donors (Lipinski definition) is 1. The third-order valence-corrected chi connectivity index (χ3v) is 3.61. The first-order valence-corrected chi connectivity index (χ1v) is 6.06. The third-order valence-electron chi connectivity index (χ3n) is 2.49. The lowest BCUT2D eigenvalue weighted by Gasteiger charge is -2.07. The molecule has 0 spiro atoms. The van der Waals surface area contributed by atoms with Crippen molar-refractivity contribution in [3.05, 3.63) is 33.9 Å². The molecule has 2 aromatic heterocycles. The van der Waals surface area contributed by atoms with E-state index in [2.05, 4.69) is 15.2 Å². The van der Waals surface area contributed by atoms with Crippen LogP contribution in [0.4, 0.5) is 0 Å². The smallest absolute Gasteiger partial charge is 0.279 e. The van der Waals surface area contributed by atoms with Gasteiger partial charge in [-0.1, -0.05) is 24.3 Å². The first kappa shape index (κ1) is 12.4. The average molecular weight is 264 g/mol. The summed E-state index contributed by atoms with van der Waals surface area (Å²) in [6.07, 6.45) is 1.72. The highest BCUT2D eigenvalue weighted by Gasteiger charge is 2.16. The number of carbonyl (C=O) groups is 1. The van der Waals surface area contributed by atoms with Crippen LogP contribution in [0.5, 0.6) is 5.88 Å². The molecule has 0 fully saturated rings. The topological polar surface area (TPSA) is 91.0 Å². The molecule has 2 heterocycles. The molecule has 7 heteroatoms. The molecule has 1 unspecified atom stereocenters. The number of ether oxygens (including phenoxy) is 1. The number of nitrogens with two attached hydrogens (primary N) is 1. The Balaban J connectivity index is 2.23. The summed E-state index contributed by atoms with van der Waals surface area (Å²) in [7, 11) is 1.56. The van der Waals surface area contributed by atoms with Gasteiger partial charge in [-0.05, 0) is 5.56 Å². The van der Waals surface area contributed by atoms with Crippen LogP contribution in [-0.2, 0) is 0 Å². The second kappa shape index (κ2) is 5.09. The maximum atomic E-state index is 11.0. The minimum absolute atomic E-state index is 0.00834. The number of primary amides is 1. The molecule has 0 saturated carbocycles. The summed E-state index contributed by atoms with van der Waals surface area (Å²) in [5, 5.41) is 8.66. The van der Waals surface area contributed by atoms with E-state index in [-0.39, 0.29) is 10.9 Å². The maximum Gasteiger partial charge on any atom is 0.279 e. The van der Waals surface area contributed by atoms with Gasteiger partial charge in [-0.15, -0.1) is 10.2 Å². The Hall–Kier alpha value is -2.02. The van der Waals surface area contributed by atoms with Crippen molar-refractivity contribution in [2.45, 2.75) is 12.8 Å². The van der Waals surface area contributed by atoms with Gasteiger partial charge in [0.15, 0.2) is 0 Å². The zero-order valence-electron chi connectivity index (χ0n) is 9.95. The van der Waals surface area contributed by atoms with Crippen LogP contribution in [0, 0.1) is 0 Å². The van der Waals surface area contributed by atoms with Gasteiger partial charge < -0.3 is 10.5 Å². The first-order chi connectivity index (χ1) is 8.61. The van der Waals surface area contributed by atoms with Crippen LogP contribution in [0.1, 0.15) is 33.2 Å². The van der Waals surface area contributed by atoms with Gasteiger partial charge in [0, 0.05) is 18.2 Å². The molecule has 0 aliphatic heterocycles. The van der Waals surface area contributed by atoms with Crippen molar-refractivity contribution in [1.29, 1.82) is 0 Å². The molecule has 0 aliphatic rings. The summed E-state index contributed by atoms with van der Waals surface area (Å²) < 4.78 is 4.99. The standard InChI is InChI=1S/C11H12N4O2S/c1-6(7-3-4-8(17-2)13-5-7)10-14-15-11(18-10)9(12)16/h3-6H,1-2H3,(H2,12,16). The van der Waals surface area contributed by atoms with Crippen molar-refractivity contribution < 1.29 is 9.53 Å². The molecule has 0 radical (unpaired) electrons. The highest BCUT2D eigenvalue weighted by molar-refractivity contribution is 7.13. The van der Waals surface area contributed by atoms with E-state index < -0.39 is 5.91 Å². The second-order valence-corrected chi connectivity index (χ2v) is 4.67. The highest BCUT2D eigenvalue weighted by Crippen LogP contribution is 2.26. The van der Waals surface area contributed by atoms with E-state index in [1.54, 1.807) is 19.4 Å². The first-order valence-electron chi connectivity index (χ1n) is 5.25. The molecular weight excluding hydrogens is 252 g/mol. The summed E-state index contributed by atoms with van der Waals surface area (Å²) in [6, 6.07) is 3.68. The minimum atomic E-state index is -0.557. The molecule has 0 saturated heterocycles. The van der Waals surface area contributed by atoms with E-state index >= 15 is 0 Å². The fourth-order valence-corrected chi connectivity index (χ4v) is 2.20. The molecule has 2 aromatic rings. The summed E-state index contributed by atoms with van der Waals surface area (Å²) >= 11 is 1.20. The van der Waals surface area contributed by atoms with Gasteiger partial charge in [-0.3, -0.25) is 4.79 Å². The number of nitrogens with zero attached hydrogens (tertiary/aromatic N) is 3. The van der Waals surface area contributed by atoms with Crippen LogP contribution < -0.4 is 10.5 Å². The lowest BCUT2D eigenvalue weighted by Crippen LogP contribution is -2.10. The summed E-state index contributed by atoms with van der Waals surface area (Å²) in [4.78, 5) is 15.1. The lowest BCUT2D eigenvalue weighted by atomic mass is 10.0. The van der Waals surface area contributed by atoms with E-state index in [1.165, 1.54) is 11.3 Å². The van der Waals surface area contributed by atoms with Gasteiger partial charge >= 0.3 is 0 Å². The monoisotopic (exact) mass is 264 g/mol. The average Bonchev–Trinajstić information content (AvgIpc) is 2.88. The number of carbonyl (C=O) groups excluding carboxylic acids is 1. The molecule has 2 rings (SSSR count). The highest BCUT2D eigenvalue weighted by atomic mass is 32.1. The minimum Gasteiger partial charge on any atom is -0.481 e. The van der Waals surface area contributed by atoms with Crippen LogP contribution in [0.2, 0.25) is 0 Å². The fourth-order valence-electron chi connectivity index (χ4n) is 1.42. The molecule has 2 N–H and O–H groups in total. The van der Waals surface area contributed by atoms with Gasteiger partial charge in [0.1, 0.15) is 5.01 Å². The van der Waals surface area contributed by atoms with Crippen molar-refractivity contribution >= 4 is 17.2 Å². The molecule has 0 aromatic carbocycles. The quantitative estimate of drug-likeness (QED) is 0.895. The SMILES string of the molecule is COc1ccc(C(C)c2nnc(C(N)=O)s2)cn1. The molecule has 0 bridgehead atoms. The zero-order chi connectivity index (χ0) is 13.1. The maximum absolute atomic E-state index is 11.0. The second-order valence-electron chi connectivity index (χ2n) is 3.67. The Kier molecular flexibility index (Phi) is 3.52. The summed E-state index contributed by atoms with van der Waals surface area (Å²) in [6.45, 7) is 1.97. The summed E-state index contributed by atoms with van der Waals surface area (Å²) in [5.41, 5.74) is 6.12. The Labute approximate surface area is 108 Å². The van der Waals surface area contributed by atoms with Gasteiger partial charge in [-0.2, -0.15) is 0 Å². The van der Waals surface area contributed by atoms with Gasteiger partial charge in [0.2, 0.25) is 10.9 Å².